The van der Waals surface area contributed by atoms with E-state index in [1.807, 2.05) is 17.0 Å². The Morgan fingerprint density at radius 2 is 1.89 bits per heavy atom. The molecule has 5 heteroatoms. The third-order valence-corrected chi connectivity index (χ3v) is 5.83. The fraction of sp³-hybridized carbons (Fsp3) is 0.455. The molecule has 1 aliphatic heterocycles. The van der Waals surface area contributed by atoms with Gasteiger partial charge in [-0.05, 0) is 54.4 Å². The van der Waals surface area contributed by atoms with Crippen molar-refractivity contribution < 1.29 is 14.0 Å². The third kappa shape index (κ3) is 3.38. The number of hydrogen-bond donors (Lipinski definition) is 1. The van der Waals surface area contributed by atoms with Gasteiger partial charge in [0.2, 0.25) is 0 Å². The number of carbonyl (C=O) groups is 2. The van der Waals surface area contributed by atoms with Crippen molar-refractivity contribution in [2.75, 3.05) is 11.9 Å². The number of benzene rings is 1. The van der Waals surface area contributed by atoms with Crippen LogP contribution in [0.25, 0.3) is 0 Å². The number of rotatable bonds is 3. The summed E-state index contributed by atoms with van der Waals surface area (Å²) in [4.78, 5) is 27.8. The molecule has 0 unspecified atom stereocenters. The van der Waals surface area contributed by atoms with E-state index in [2.05, 4.69) is 26.1 Å². The lowest BCUT2D eigenvalue weighted by Gasteiger charge is -2.39. The first-order valence-corrected chi connectivity index (χ1v) is 9.51. The van der Waals surface area contributed by atoms with Crippen molar-refractivity contribution in [1.82, 2.24) is 4.90 Å². The van der Waals surface area contributed by atoms with E-state index in [0.717, 1.165) is 25.8 Å². The predicted octanol–water partition coefficient (Wildman–Crippen LogP) is 4.57. The Labute approximate surface area is 159 Å². The maximum Gasteiger partial charge on any atom is 0.291 e. The van der Waals surface area contributed by atoms with E-state index >= 15 is 0 Å². The lowest BCUT2D eigenvalue weighted by molar-refractivity contribution is 0.0709. The average molecular weight is 366 g/mol. The van der Waals surface area contributed by atoms with Crippen LogP contribution in [0.3, 0.4) is 0 Å². The SMILES string of the molecule is CC1(C)C[C@H]2C[C@](C)(CN2C(=O)c2ccccc2NC(=O)c2ccco2)C1. The number of likely N-dealkylation sites (tertiary alicyclic amines) is 1. The number of amides is 2. The largest absolute Gasteiger partial charge is 0.459 e. The zero-order valence-corrected chi connectivity index (χ0v) is 16.1. The molecule has 1 N–H and O–H groups in total. The van der Waals surface area contributed by atoms with Crippen LogP contribution in [0.15, 0.2) is 47.1 Å². The fourth-order valence-electron chi connectivity index (χ4n) is 5.22. The number of anilines is 1. The van der Waals surface area contributed by atoms with E-state index in [4.69, 9.17) is 4.42 Å². The smallest absolute Gasteiger partial charge is 0.291 e. The van der Waals surface area contributed by atoms with Crippen molar-refractivity contribution >= 4 is 17.5 Å². The highest BCUT2D eigenvalue weighted by Crippen LogP contribution is 2.52. The van der Waals surface area contributed by atoms with Gasteiger partial charge in [0.05, 0.1) is 17.5 Å². The molecule has 2 aromatic rings. The highest BCUT2D eigenvalue weighted by Gasteiger charge is 2.51. The Kier molecular flexibility index (Phi) is 4.13. The molecule has 1 saturated carbocycles. The lowest BCUT2D eigenvalue weighted by atomic mass is 9.65. The Morgan fingerprint density at radius 3 is 2.63 bits per heavy atom. The van der Waals surface area contributed by atoms with Crippen LogP contribution in [0.5, 0.6) is 0 Å². The molecule has 2 atom stereocenters. The van der Waals surface area contributed by atoms with Crippen molar-refractivity contribution in [3.63, 3.8) is 0 Å². The monoisotopic (exact) mass is 366 g/mol. The number of nitrogens with zero attached hydrogens (tertiary/aromatic N) is 1. The molecule has 4 rings (SSSR count). The topological polar surface area (TPSA) is 62.6 Å². The lowest BCUT2D eigenvalue weighted by Crippen LogP contribution is -2.38. The highest BCUT2D eigenvalue weighted by molar-refractivity contribution is 6.08. The molecular weight excluding hydrogens is 340 g/mol. The van der Waals surface area contributed by atoms with E-state index < -0.39 is 0 Å². The summed E-state index contributed by atoms with van der Waals surface area (Å²) in [5, 5.41) is 2.82. The molecule has 2 bridgehead atoms. The van der Waals surface area contributed by atoms with Crippen LogP contribution in [0, 0.1) is 10.8 Å². The van der Waals surface area contributed by atoms with E-state index in [-0.39, 0.29) is 34.4 Å². The van der Waals surface area contributed by atoms with E-state index in [1.54, 1.807) is 24.3 Å². The summed E-state index contributed by atoms with van der Waals surface area (Å²) in [6, 6.07) is 10.7. The molecule has 1 aromatic heterocycles. The standard InChI is InChI=1S/C22H26N2O3/c1-21(2)11-15-12-22(3,13-21)14-24(15)20(26)16-7-4-5-8-17(16)23-19(25)18-9-6-10-27-18/h4-10,15H,11-14H2,1-3H3,(H,23,25)/t15-,22-/m0/s1. The Bertz CT molecular complexity index is 871. The molecule has 5 nitrogen and oxygen atoms in total. The molecule has 1 aromatic carbocycles. The van der Waals surface area contributed by atoms with Crippen LogP contribution in [0.4, 0.5) is 5.69 Å². The molecule has 1 saturated heterocycles. The Morgan fingerprint density at radius 1 is 1.11 bits per heavy atom. The quantitative estimate of drug-likeness (QED) is 0.865. The predicted molar refractivity (Wildman–Crippen MR) is 104 cm³/mol. The van der Waals surface area contributed by atoms with Gasteiger partial charge >= 0.3 is 0 Å². The Hall–Kier alpha value is -2.56. The first-order valence-electron chi connectivity index (χ1n) is 9.51. The van der Waals surface area contributed by atoms with Crippen LogP contribution in [-0.2, 0) is 0 Å². The first kappa shape index (κ1) is 17.8. The number of hydrogen-bond acceptors (Lipinski definition) is 3. The van der Waals surface area contributed by atoms with E-state index in [1.165, 1.54) is 6.26 Å². The van der Waals surface area contributed by atoms with Gasteiger partial charge in [0, 0.05) is 12.6 Å². The minimum atomic E-state index is -0.353. The van der Waals surface area contributed by atoms with Gasteiger partial charge in [-0.1, -0.05) is 32.9 Å². The van der Waals surface area contributed by atoms with Crippen molar-refractivity contribution in [3.05, 3.63) is 54.0 Å². The highest BCUT2D eigenvalue weighted by atomic mass is 16.3. The number of nitrogens with one attached hydrogen (secondary N) is 1. The third-order valence-electron chi connectivity index (χ3n) is 5.83. The molecule has 0 spiro atoms. The second-order valence-corrected chi connectivity index (χ2v) is 9.12. The summed E-state index contributed by atoms with van der Waals surface area (Å²) >= 11 is 0. The summed E-state index contributed by atoms with van der Waals surface area (Å²) < 4.78 is 5.15. The van der Waals surface area contributed by atoms with E-state index in [0.29, 0.717) is 11.3 Å². The van der Waals surface area contributed by atoms with Gasteiger partial charge in [-0.15, -0.1) is 0 Å². The van der Waals surface area contributed by atoms with Crippen LogP contribution in [0.2, 0.25) is 0 Å². The van der Waals surface area contributed by atoms with Gasteiger partial charge in [0.15, 0.2) is 5.76 Å². The van der Waals surface area contributed by atoms with Crippen molar-refractivity contribution in [2.45, 2.75) is 46.1 Å². The van der Waals surface area contributed by atoms with Gasteiger partial charge in [-0.3, -0.25) is 9.59 Å². The molecule has 0 radical (unpaired) electrons. The second kappa shape index (κ2) is 6.25. The second-order valence-electron chi connectivity index (χ2n) is 9.12. The molecule has 142 valence electrons. The molecule has 1 aliphatic carbocycles. The zero-order valence-electron chi connectivity index (χ0n) is 16.1. The summed E-state index contributed by atoms with van der Waals surface area (Å²) in [7, 11) is 0. The molecular formula is C22H26N2O3. The Balaban J connectivity index is 1.59. The van der Waals surface area contributed by atoms with Gasteiger partial charge in [0.25, 0.3) is 11.8 Å². The maximum atomic E-state index is 13.4. The summed E-state index contributed by atoms with van der Waals surface area (Å²) in [6.45, 7) is 7.66. The number of furan rings is 1. The fourth-order valence-corrected chi connectivity index (χ4v) is 5.22. The molecule has 2 aliphatic rings. The van der Waals surface area contributed by atoms with Crippen molar-refractivity contribution in [2.24, 2.45) is 10.8 Å². The van der Waals surface area contributed by atoms with Crippen LogP contribution >= 0.6 is 0 Å². The molecule has 2 fully saturated rings. The van der Waals surface area contributed by atoms with Gasteiger partial charge in [0.1, 0.15) is 0 Å². The minimum Gasteiger partial charge on any atom is -0.459 e. The number of para-hydroxylation sites is 1. The average Bonchev–Trinajstić information content (AvgIpc) is 3.20. The van der Waals surface area contributed by atoms with Gasteiger partial charge < -0.3 is 14.6 Å². The first-order chi connectivity index (χ1) is 12.8. The molecule has 2 amide bonds. The van der Waals surface area contributed by atoms with Crippen LogP contribution < -0.4 is 5.32 Å². The minimum absolute atomic E-state index is 0.00299. The van der Waals surface area contributed by atoms with E-state index in [9.17, 15) is 9.59 Å². The zero-order chi connectivity index (χ0) is 19.2. The van der Waals surface area contributed by atoms with Gasteiger partial charge in [-0.2, -0.15) is 0 Å². The summed E-state index contributed by atoms with van der Waals surface area (Å²) in [6.07, 6.45) is 4.67. The van der Waals surface area contributed by atoms with Crippen molar-refractivity contribution in [1.29, 1.82) is 0 Å². The molecule has 27 heavy (non-hydrogen) atoms. The summed E-state index contributed by atoms with van der Waals surface area (Å²) in [5.74, 6) is -0.131. The van der Waals surface area contributed by atoms with Gasteiger partial charge in [-0.25, -0.2) is 0 Å². The van der Waals surface area contributed by atoms with Crippen molar-refractivity contribution in [3.8, 4) is 0 Å². The normalized spacial score (nSPS) is 26.0. The number of carbonyl (C=O) groups excluding carboxylic acids is 2. The van der Waals surface area contributed by atoms with Crippen LogP contribution in [0.1, 0.15) is 60.9 Å². The van der Waals surface area contributed by atoms with Crippen LogP contribution in [-0.4, -0.2) is 29.3 Å². The number of fused-ring (bicyclic) bond motifs is 2. The summed E-state index contributed by atoms with van der Waals surface area (Å²) in [5.41, 5.74) is 1.48. The maximum absolute atomic E-state index is 13.4. The molecule has 2 heterocycles.